The second-order valence-corrected chi connectivity index (χ2v) is 6.85. The number of ether oxygens (including phenoxy) is 3. The van der Waals surface area contributed by atoms with Crippen molar-refractivity contribution in [3.05, 3.63) is 53.6 Å². The highest BCUT2D eigenvalue weighted by atomic mass is 16.5. The summed E-state index contributed by atoms with van der Waals surface area (Å²) in [7, 11) is 3.16. The molecule has 1 aliphatic heterocycles. The third-order valence-corrected chi connectivity index (χ3v) is 5.27. The number of benzene rings is 2. The Morgan fingerprint density at radius 1 is 0.964 bits per heavy atom. The fraction of sp³-hybridized carbons (Fsp3) is 0.364. The maximum atomic E-state index is 13.4. The van der Waals surface area contributed by atoms with Gasteiger partial charge in [-0.1, -0.05) is 6.07 Å². The van der Waals surface area contributed by atoms with Crippen LogP contribution in [-0.4, -0.2) is 39.1 Å². The van der Waals surface area contributed by atoms with Crippen LogP contribution in [0.3, 0.4) is 0 Å². The Balaban J connectivity index is 1.92. The van der Waals surface area contributed by atoms with Crippen LogP contribution in [-0.2, 0) is 14.9 Å². The van der Waals surface area contributed by atoms with Crippen molar-refractivity contribution in [1.82, 2.24) is 0 Å². The van der Waals surface area contributed by atoms with E-state index in [1.807, 2.05) is 18.2 Å². The SMILES string of the molecule is COc1ccc(C2(C(=O)Nc3ccc(C(C)=O)cc3)CCOCC2)cc1OC. The number of hydrogen-bond acceptors (Lipinski definition) is 5. The van der Waals surface area contributed by atoms with Crippen molar-refractivity contribution in [2.24, 2.45) is 0 Å². The normalized spacial score (nSPS) is 15.5. The molecule has 6 nitrogen and oxygen atoms in total. The summed E-state index contributed by atoms with van der Waals surface area (Å²) in [5.74, 6) is 1.10. The number of hydrogen-bond donors (Lipinski definition) is 1. The van der Waals surface area contributed by atoms with Gasteiger partial charge < -0.3 is 19.5 Å². The number of carbonyl (C=O) groups is 2. The molecule has 0 bridgehead atoms. The molecule has 0 aromatic heterocycles. The Kier molecular flexibility index (Phi) is 5.99. The lowest BCUT2D eigenvalue weighted by molar-refractivity contribution is -0.125. The number of Topliss-reactive ketones (excluding diaryl/α,β-unsaturated/α-hetero) is 1. The third kappa shape index (κ3) is 3.87. The Morgan fingerprint density at radius 3 is 2.18 bits per heavy atom. The van der Waals surface area contributed by atoms with Gasteiger partial charge in [-0.3, -0.25) is 9.59 Å². The number of ketones is 1. The van der Waals surface area contributed by atoms with Crippen LogP contribution >= 0.6 is 0 Å². The predicted molar refractivity (Wildman–Crippen MR) is 106 cm³/mol. The quantitative estimate of drug-likeness (QED) is 0.772. The molecule has 2 aromatic rings. The van der Waals surface area contributed by atoms with Crippen LogP contribution in [0.15, 0.2) is 42.5 Å². The molecule has 0 atom stereocenters. The Morgan fingerprint density at radius 2 is 1.61 bits per heavy atom. The Hall–Kier alpha value is -2.86. The fourth-order valence-electron chi connectivity index (χ4n) is 3.54. The summed E-state index contributed by atoms with van der Waals surface area (Å²) in [4.78, 5) is 24.8. The largest absolute Gasteiger partial charge is 0.493 e. The molecule has 1 heterocycles. The molecule has 1 aliphatic rings. The van der Waals surface area contributed by atoms with Crippen molar-refractivity contribution >= 4 is 17.4 Å². The van der Waals surface area contributed by atoms with Crippen molar-refractivity contribution in [2.75, 3.05) is 32.8 Å². The summed E-state index contributed by atoms with van der Waals surface area (Å²) in [6.45, 7) is 2.53. The zero-order valence-corrected chi connectivity index (χ0v) is 16.4. The van der Waals surface area contributed by atoms with Gasteiger partial charge in [0.15, 0.2) is 17.3 Å². The highest BCUT2D eigenvalue weighted by molar-refractivity contribution is 6.00. The van der Waals surface area contributed by atoms with Crippen molar-refractivity contribution in [1.29, 1.82) is 0 Å². The van der Waals surface area contributed by atoms with Crippen LogP contribution < -0.4 is 14.8 Å². The molecule has 1 saturated heterocycles. The lowest BCUT2D eigenvalue weighted by Crippen LogP contribution is -2.44. The first kappa shape index (κ1) is 19.9. The minimum absolute atomic E-state index is 0.0101. The molecule has 0 saturated carbocycles. The van der Waals surface area contributed by atoms with Gasteiger partial charge in [0, 0.05) is 24.5 Å². The minimum atomic E-state index is -0.725. The van der Waals surface area contributed by atoms with Gasteiger partial charge >= 0.3 is 0 Å². The number of methoxy groups -OCH3 is 2. The van der Waals surface area contributed by atoms with E-state index in [1.54, 1.807) is 38.5 Å². The van der Waals surface area contributed by atoms with E-state index in [2.05, 4.69) is 5.32 Å². The zero-order chi connectivity index (χ0) is 20.1. The van der Waals surface area contributed by atoms with Gasteiger partial charge in [0.2, 0.25) is 5.91 Å². The molecule has 1 N–H and O–H groups in total. The van der Waals surface area contributed by atoms with Gasteiger partial charge in [-0.05, 0) is 61.7 Å². The monoisotopic (exact) mass is 383 g/mol. The third-order valence-electron chi connectivity index (χ3n) is 5.27. The molecule has 0 aliphatic carbocycles. The summed E-state index contributed by atoms with van der Waals surface area (Å²) in [6, 6.07) is 12.5. The topological polar surface area (TPSA) is 73.9 Å². The molecule has 0 unspecified atom stereocenters. The number of amides is 1. The summed E-state index contributed by atoms with van der Waals surface area (Å²) >= 11 is 0. The average molecular weight is 383 g/mol. The molecule has 1 fully saturated rings. The highest BCUT2D eigenvalue weighted by Gasteiger charge is 2.42. The molecule has 1 amide bonds. The smallest absolute Gasteiger partial charge is 0.235 e. The summed E-state index contributed by atoms with van der Waals surface area (Å²) in [5, 5.41) is 3.01. The Labute approximate surface area is 164 Å². The highest BCUT2D eigenvalue weighted by Crippen LogP contribution is 2.40. The van der Waals surface area contributed by atoms with E-state index in [0.717, 1.165) is 5.56 Å². The van der Waals surface area contributed by atoms with Crippen molar-refractivity contribution in [3.63, 3.8) is 0 Å². The van der Waals surface area contributed by atoms with E-state index in [1.165, 1.54) is 6.92 Å². The van der Waals surface area contributed by atoms with Crippen molar-refractivity contribution < 1.29 is 23.8 Å². The first-order valence-electron chi connectivity index (χ1n) is 9.23. The molecule has 0 spiro atoms. The molecule has 6 heteroatoms. The molecular formula is C22H25NO5. The molecule has 148 valence electrons. The number of carbonyl (C=O) groups excluding carboxylic acids is 2. The van der Waals surface area contributed by atoms with Crippen LogP contribution in [0.25, 0.3) is 0 Å². The average Bonchev–Trinajstić information content (AvgIpc) is 2.74. The first-order chi connectivity index (χ1) is 13.5. The van der Waals surface area contributed by atoms with Gasteiger partial charge in [0.1, 0.15) is 0 Å². The molecule has 0 radical (unpaired) electrons. The summed E-state index contributed by atoms with van der Waals surface area (Å²) < 4.78 is 16.3. The van der Waals surface area contributed by atoms with Gasteiger partial charge in [-0.25, -0.2) is 0 Å². The summed E-state index contributed by atoms with van der Waals surface area (Å²) in [5.41, 5.74) is 1.41. The number of rotatable bonds is 6. The summed E-state index contributed by atoms with van der Waals surface area (Å²) in [6.07, 6.45) is 1.14. The van der Waals surface area contributed by atoms with Gasteiger partial charge in [0.25, 0.3) is 0 Å². The van der Waals surface area contributed by atoms with Gasteiger partial charge in [0.05, 0.1) is 19.6 Å². The Bertz CT molecular complexity index is 854. The van der Waals surface area contributed by atoms with E-state index < -0.39 is 5.41 Å². The van der Waals surface area contributed by atoms with Crippen LogP contribution in [0.1, 0.15) is 35.7 Å². The lowest BCUT2D eigenvalue weighted by atomic mass is 9.73. The predicted octanol–water partition coefficient (Wildman–Crippen LogP) is 3.59. The molecule has 2 aromatic carbocycles. The molecule has 28 heavy (non-hydrogen) atoms. The standard InChI is InChI=1S/C22H25NO5/c1-15(24)16-4-7-18(8-5-16)23-21(25)22(10-12-28-13-11-22)17-6-9-19(26-2)20(14-17)27-3/h4-9,14H,10-13H2,1-3H3,(H,23,25). The fourth-order valence-corrected chi connectivity index (χ4v) is 3.54. The maximum absolute atomic E-state index is 13.4. The van der Waals surface area contributed by atoms with E-state index >= 15 is 0 Å². The van der Waals surface area contributed by atoms with E-state index in [-0.39, 0.29) is 11.7 Å². The van der Waals surface area contributed by atoms with Crippen LogP contribution in [0, 0.1) is 0 Å². The second kappa shape index (κ2) is 8.44. The van der Waals surface area contributed by atoms with Gasteiger partial charge in [-0.15, -0.1) is 0 Å². The van der Waals surface area contributed by atoms with Crippen molar-refractivity contribution in [2.45, 2.75) is 25.2 Å². The van der Waals surface area contributed by atoms with E-state index in [9.17, 15) is 9.59 Å². The van der Waals surface area contributed by atoms with Gasteiger partial charge in [-0.2, -0.15) is 0 Å². The number of anilines is 1. The lowest BCUT2D eigenvalue weighted by Gasteiger charge is -2.36. The zero-order valence-electron chi connectivity index (χ0n) is 16.4. The number of nitrogens with one attached hydrogen (secondary N) is 1. The van der Waals surface area contributed by atoms with Crippen LogP contribution in [0.5, 0.6) is 11.5 Å². The van der Waals surface area contributed by atoms with E-state index in [0.29, 0.717) is 48.8 Å². The maximum Gasteiger partial charge on any atom is 0.235 e. The first-order valence-corrected chi connectivity index (χ1v) is 9.23. The van der Waals surface area contributed by atoms with Crippen LogP contribution in [0.4, 0.5) is 5.69 Å². The second-order valence-electron chi connectivity index (χ2n) is 6.85. The molecular weight excluding hydrogens is 358 g/mol. The molecule has 3 rings (SSSR count). The van der Waals surface area contributed by atoms with Crippen LogP contribution in [0.2, 0.25) is 0 Å². The van der Waals surface area contributed by atoms with E-state index in [4.69, 9.17) is 14.2 Å². The minimum Gasteiger partial charge on any atom is -0.493 e. The van der Waals surface area contributed by atoms with Crippen molar-refractivity contribution in [3.8, 4) is 11.5 Å².